The fourth-order valence-electron chi connectivity index (χ4n) is 1.17. The van der Waals surface area contributed by atoms with Gasteiger partial charge in [-0.3, -0.25) is 4.55 Å². The van der Waals surface area contributed by atoms with Gasteiger partial charge in [-0.15, -0.1) is 0 Å². The van der Waals surface area contributed by atoms with Crippen molar-refractivity contribution in [1.82, 2.24) is 0 Å². The van der Waals surface area contributed by atoms with Crippen LogP contribution in [0.2, 0.25) is 0 Å². The normalized spacial score (nSPS) is 15.2. The number of hydrogen-bond acceptors (Lipinski definition) is 5. The van der Waals surface area contributed by atoms with Gasteiger partial charge in [0.05, 0.1) is 7.11 Å². The Bertz CT molecular complexity index is 480. The third kappa shape index (κ3) is 1.92. The Morgan fingerprint density at radius 2 is 1.81 bits per heavy atom. The standard InChI is InChI=1S/C9H10O6S/c1-15-8(10)9(11,16(12,13)14)7-5-3-2-4-6-7/h2-6,11H,1H3,(H,12,13,14). The highest BCUT2D eigenvalue weighted by Crippen LogP contribution is 2.27. The van der Waals surface area contributed by atoms with E-state index in [-0.39, 0.29) is 5.56 Å². The molecule has 1 rings (SSSR count). The molecule has 1 aromatic rings. The third-order valence-corrected chi connectivity index (χ3v) is 3.15. The highest BCUT2D eigenvalue weighted by Gasteiger charge is 2.51. The smallest absolute Gasteiger partial charge is 0.361 e. The Balaban J connectivity index is 3.45. The summed E-state index contributed by atoms with van der Waals surface area (Å²) in [6, 6.07) is 6.75. The number of rotatable bonds is 3. The second kappa shape index (κ2) is 4.20. The predicted octanol–water partition coefficient (Wildman–Crippen LogP) is -0.107. The van der Waals surface area contributed by atoms with Crippen LogP contribution in [0.3, 0.4) is 0 Å². The summed E-state index contributed by atoms with van der Waals surface area (Å²) in [7, 11) is -4.14. The molecule has 0 aromatic heterocycles. The maximum Gasteiger partial charge on any atom is 0.361 e. The van der Waals surface area contributed by atoms with Gasteiger partial charge in [0, 0.05) is 5.56 Å². The molecule has 0 bridgehead atoms. The van der Waals surface area contributed by atoms with Crippen LogP contribution in [0.1, 0.15) is 5.56 Å². The van der Waals surface area contributed by atoms with Crippen molar-refractivity contribution >= 4 is 16.1 Å². The summed E-state index contributed by atoms with van der Waals surface area (Å²) < 4.78 is 35.2. The molecule has 0 radical (unpaired) electrons. The van der Waals surface area contributed by atoms with E-state index in [1.807, 2.05) is 0 Å². The first-order valence-electron chi connectivity index (χ1n) is 4.17. The number of benzene rings is 1. The first kappa shape index (κ1) is 12.6. The minimum atomic E-state index is -5.05. The van der Waals surface area contributed by atoms with Crippen LogP contribution in [0.15, 0.2) is 30.3 Å². The molecule has 7 heteroatoms. The summed E-state index contributed by atoms with van der Waals surface area (Å²) in [4.78, 5) is 8.18. The minimum absolute atomic E-state index is 0.288. The van der Waals surface area contributed by atoms with Crippen LogP contribution in [0.4, 0.5) is 0 Å². The molecule has 0 aliphatic rings. The van der Waals surface area contributed by atoms with E-state index in [2.05, 4.69) is 4.74 Å². The van der Waals surface area contributed by atoms with Gasteiger partial charge in [0.2, 0.25) is 0 Å². The van der Waals surface area contributed by atoms with Crippen molar-refractivity contribution in [2.45, 2.75) is 4.93 Å². The van der Waals surface area contributed by atoms with Gasteiger partial charge in [-0.25, -0.2) is 4.79 Å². The molecular weight excluding hydrogens is 236 g/mol. The molecule has 1 aromatic carbocycles. The number of carbonyl (C=O) groups excluding carboxylic acids is 1. The Morgan fingerprint density at radius 1 is 1.31 bits per heavy atom. The lowest BCUT2D eigenvalue weighted by Crippen LogP contribution is -2.44. The molecule has 0 fully saturated rings. The van der Waals surface area contributed by atoms with Crippen LogP contribution in [0.5, 0.6) is 0 Å². The summed E-state index contributed by atoms with van der Waals surface area (Å²) in [5.74, 6) is -1.47. The molecule has 0 saturated carbocycles. The maximum absolute atomic E-state index is 11.3. The second-order valence-electron chi connectivity index (χ2n) is 2.98. The molecule has 1 atom stereocenters. The zero-order valence-corrected chi connectivity index (χ0v) is 9.14. The van der Waals surface area contributed by atoms with Gasteiger partial charge in [-0.2, -0.15) is 8.42 Å². The predicted molar refractivity (Wildman–Crippen MR) is 53.9 cm³/mol. The number of esters is 1. The average molecular weight is 246 g/mol. The lowest BCUT2D eigenvalue weighted by atomic mass is 10.1. The number of aliphatic hydroxyl groups is 1. The SMILES string of the molecule is COC(=O)C(O)(c1ccccc1)S(=O)(=O)O. The zero-order valence-electron chi connectivity index (χ0n) is 8.32. The van der Waals surface area contributed by atoms with E-state index in [0.717, 1.165) is 7.11 Å². The van der Waals surface area contributed by atoms with Crippen molar-refractivity contribution in [3.05, 3.63) is 35.9 Å². The summed E-state index contributed by atoms with van der Waals surface area (Å²) in [6.07, 6.45) is 0. The fraction of sp³-hybridized carbons (Fsp3) is 0.222. The van der Waals surface area contributed by atoms with Gasteiger partial charge in [0.15, 0.2) is 0 Å². The topological polar surface area (TPSA) is 101 Å². The van der Waals surface area contributed by atoms with E-state index < -0.39 is 21.0 Å². The number of methoxy groups -OCH3 is 1. The van der Waals surface area contributed by atoms with Crippen LogP contribution in [-0.4, -0.2) is 31.2 Å². The van der Waals surface area contributed by atoms with Gasteiger partial charge in [0.25, 0.3) is 0 Å². The molecule has 2 N–H and O–H groups in total. The van der Waals surface area contributed by atoms with E-state index in [0.29, 0.717) is 0 Å². The monoisotopic (exact) mass is 246 g/mol. The van der Waals surface area contributed by atoms with E-state index in [4.69, 9.17) is 4.55 Å². The van der Waals surface area contributed by atoms with Crippen molar-refractivity contribution in [2.75, 3.05) is 7.11 Å². The number of carbonyl (C=O) groups is 1. The molecule has 16 heavy (non-hydrogen) atoms. The lowest BCUT2D eigenvalue weighted by Gasteiger charge is -2.21. The molecule has 0 amide bonds. The number of hydrogen-bond donors (Lipinski definition) is 2. The van der Waals surface area contributed by atoms with Crippen LogP contribution >= 0.6 is 0 Å². The van der Waals surface area contributed by atoms with Crippen molar-refractivity contribution in [2.24, 2.45) is 0 Å². The van der Waals surface area contributed by atoms with E-state index in [1.54, 1.807) is 6.07 Å². The van der Waals surface area contributed by atoms with E-state index in [9.17, 15) is 18.3 Å². The highest BCUT2D eigenvalue weighted by molar-refractivity contribution is 7.87. The van der Waals surface area contributed by atoms with Gasteiger partial charge < -0.3 is 9.84 Å². The van der Waals surface area contributed by atoms with Crippen molar-refractivity contribution < 1.29 is 27.6 Å². The molecule has 0 saturated heterocycles. The fourth-order valence-corrected chi connectivity index (χ4v) is 1.90. The molecule has 0 aliphatic heterocycles. The zero-order chi connectivity index (χ0) is 12.4. The van der Waals surface area contributed by atoms with Gasteiger partial charge in [-0.1, -0.05) is 30.3 Å². The molecule has 88 valence electrons. The molecule has 0 aliphatic carbocycles. The molecule has 0 spiro atoms. The first-order valence-corrected chi connectivity index (χ1v) is 5.61. The van der Waals surface area contributed by atoms with Gasteiger partial charge in [-0.05, 0) is 0 Å². The molecule has 0 heterocycles. The quantitative estimate of drug-likeness (QED) is 0.570. The summed E-state index contributed by atoms with van der Waals surface area (Å²) in [6.45, 7) is 0. The van der Waals surface area contributed by atoms with E-state index >= 15 is 0 Å². The van der Waals surface area contributed by atoms with Crippen LogP contribution in [0, 0.1) is 0 Å². The largest absolute Gasteiger partial charge is 0.466 e. The summed E-state index contributed by atoms with van der Waals surface area (Å²) in [5, 5.41) is 9.78. The Morgan fingerprint density at radius 3 is 2.19 bits per heavy atom. The lowest BCUT2D eigenvalue weighted by molar-refractivity contribution is -0.155. The maximum atomic E-state index is 11.3. The first-order chi connectivity index (χ1) is 7.34. The van der Waals surface area contributed by atoms with Crippen LogP contribution < -0.4 is 0 Å². The Kier molecular flexibility index (Phi) is 3.32. The van der Waals surface area contributed by atoms with Crippen molar-refractivity contribution in [3.8, 4) is 0 Å². The average Bonchev–Trinajstić information content (AvgIpc) is 2.26. The second-order valence-corrected chi connectivity index (χ2v) is 4.52. The van der Waals surface area contributed by atoms with Crippen LogP contribution in [0.25, 0.3) is 0 Å². The van der Waals surface area contributed by atoms with Gasteiger partial charge in [0.1, 0.15) is 0 Å². The highest BCUT2D eigenvalue weighted by atomic mass is 32.2. The van der Waals surface area contributed by atoms with Gasteiger partial charge >= 0.3 is 21.0 Å². The summed E-state index contributed by atoms with van der Waals surface area (Å²) in [5.41, 5.74) is -0.288. The minimum Gasteiger partial charge on any atom is -0.466 e. The van der Waals surface area contributed by atoms with E-state index in [1.165, 1.54) is 24.3 Å². The van der Waals surface area contributed by atoms with Crippen molar-refractivity contribution in [1.29, 1.82) is 0 Å². The Labute approximate surface area is 92.2 Å². The van der Waals surface area contributed by atoms with Crippen LogP contribution in [-0.2, 0) is 24.6 Å². The molecule has 1 unspecified atom stereocenters. The van der Waals surface area contributed by atoms with Crippen molar-refractivity contribution in [3.63, 3.8) is 0 Å². The Hall–Kier alpha value is -1.44. The molecule has 6 nitrogen and oxygen atoms in total. The third-order valence-electron chi connectivity index (χ3n) is 2.00. The molecular formula is C9H10O6S. The summed E-state index contributed by atoms with van der Waals surface area (Å²) >= 11 is 0. The number of ether oxygens (including phenoxy) is 1.